The van der Waals surface area contributed by atoms with Crippen molar-refractivity contribution >= 4 is 11.6 Å². The topological polar surface area (TPSA) is 41.1 Å². The fourth-order valence-corrected chi connectivity index (χ4v) is 1.91. The van der Waals surface area contributed by atoms with E-state index in [1.807, 2.05) is 18.2 Å². The van der Waals surface area contributed by atoms with E-state index in [4.69, 9.17) is 0 Å². The summed E-state index contributed by atoms with van der Waals surface area (Å²) in [6.45, 7) is 2.32. The van der Waals surface area contributed by atoms with Crippen molar-refractivity contribution in [1.29, 1.82) is 0 Å². The number of carbonyl (C=O) groups is 1. The second kappa shape index (κ2) is 6.19. The van der Waals surface area contributed by atoms with Crippen LogP contribution >= 0.6 is 0 Å². The second-order valence-corrected chi connectivity index (χ2v) is 4.54. The van der Waals surface area contributed by atoms with Crippen LogP contribution in [0.15, 0.2) is 42.5 Å². The summed E-state index contributed by atoms with van der Waals surface area (Å²) in [7, 11) is 1.60. The van der Waals surface area contributed by atoms with Gasteiger partial charge in [-0.15, -0.1) is 0 Å². The van der Waals surface area contributed by atoms with Gasteiger partial charge in [0.1, 0.15) is 5.82 Å². The minimum atomic E-state index is -0.218. The molecular weight excluding hydrogens is 255 g/mol. The Morgan fingerprint density at radius 2 is 1.85 bits per heavy atom. The number of anilines is 1. The maximum Gasteiger partial charge on any atom is 0.251 e. The fraction of sp³-hybridized carbons (Fsp3) is 0.188. The Morgan fingerprint density at radius 3 is 2.50 bits per heavy atom. The van der Waals surface area contributed by atoms with Gasteiger partial charge in [0.05, 0.1) is 0 Å². The molecule has 0 heterocycles. The highest BCUT2D eigenvalue weighted by molar-refractivity contribution is 5.93. The van der Waals surface area contributed by atoms with Crippen molar-refractivity contribution in [1.82, 2.24) is 5.32 Å². The Bertz CT molecular complexity index is 608. The van der Waals surface area contributed by atoms with Crippen LogP contribution in [0.25, 0.3) is 0 Å². The summed E-state index contributed by atoms with van der Waals surface area (Å²) in [6, 6.07) is 12.3. The molecule has 2 aromatic carbocycles. The molecule has 20 heavy (non-hydrogen) atoms. The molecular formula is C16H17FN2O. The first-order valence-electron chi connectivity index (χ1n) is 6.42. The number of rotatable bonds is 4. The van der Waals surface area contributed by atoms with Crippen LogP contribution in [-0.4, -0.2) is 13.0 Å². The molecule has 0 aliphatic rings. The number of benzene rings is 2. The summed E-state index contributed by atoms with van der Waals surface area (Å²) in [4.78, 5) is 11.4. The van der Waals surface area contributed by atoms with Crippen molar-refractivity contribution in [3.63, 3.8) is 0 Å². The van der Waals surface area contributed by atoms with E-state index in [2.05, 4.69) is 10.6 Å². The lowest BCUT2D eigenvalue weighted by Crippen LogP contribution is -2.17. The van der Waals surface area contributed by atoms with Crippen molar-refractivity contribution in [2.75, 3.05) is 12.4 Å². The molecule has 2 N–H and O–H groups in total. The van der Waals surface area contributed by atoms with Gasteiger partial charge in [0.25, 0.3) is 5.91 Å². The molecule has 0 aromatic heterocycles. The molecule has 3 nitrogen and oxygen atoms in total. The summed E-state index contributed by atoms with van der Waals surface area (Å²) in [5.74, 6) is -0.324. The zero-order valence-corrected chi connectivity index (χ0v) is 11.5. The summed E-state index contributed by atoms with van der Waals surface area (Å²) in [6.07, 6.45) is 0. The fourth-order valence-electron chi connectivity index (χ4n) is 1.91. The maximum atomic E-state index is 13.4. The average Bonchev–Trinajstić information content (AvgIpc) is 2.48. The van der Waals surface area contributed by atoms with Crippen LogP contribution < -0.4 is 10.6 Å². The summed E-state index contributed by atoms with van der Waals surface area (Å²) in [5.41, 5.74) is 3.04. The minimum Gasteiger partial charge on any atom is -0.381 e. The molecule has 0 radical (unpaired) electrons. The normalized spacial score (nSPS) is 10.2. The predicted molar refractivity (Wildman–Crippen MR) is 78.3 cm³/mol. The van der Waals surface area contributed by atoms with Crippen LogP contribution in [0.5, 0.6) is 0 Å². The zero-order chi connectivity index (χ0) is 14.5. The molecule has 2 rings (SSSR count). The van der Waals surface area contributed by atoms with E-state index in [9.17, 15) is 9.18 Å². The first-order valence-corrected chi connectivity index (χ1v) is 6.42. The SMILES string of the molecule is CNC(=O)c1ccc(CNc2cccc(F)c2C)cc1. The number of amides is 1. The van der Waals surface area contributed by atoms with Gasteiger partial charge in [-0.05, 0) is 36.8 Å². The van der Waals surface area contributed by atoms with Crippen LogP contribution in [0.2, 0.25) is 0 Å². The highest BCUT2D eigenvalue weighted by Gasteiger charge is 2.04. The number of hydrogen-bond acceptors (Lipinski definition) is 2. The van der Waals surface area contributed by atoms with Crippen LogP contribution in [-0.2, 0) is 6.54 Å². The van der Waals surface area contributed by atoms with E-state index < -0.39 is 0 Å². The highest BCUT2D eigenvalue weighted by Crippen LogP contribution is 2.18. The third-order valence-electron chi connectivity index (χ3n) is 3.19. The summed E-state index contributed by atoms with van der Waals surface area (Å²) >= 11 is 0. The van der Waals surface area contributed by atoms with Crippen molar-refractivity contribution in [2.45, 2.75) is 13.5 Å². The van der Waals surface area contributed by atoms with Crippen molar-refractivity contribution in [3.8, 4) is 0 Å². The molecule has 0 unspecified atom stereocenters. The molecule has 1 amide bonds. The van der Waals surface area contributed by atoms with E-state index >= 15 is 0 Å². The Kier molecular flexibility index (Phi) is 4.35. The van der Waals surface area contributed by atoms with Gasteiger partial charge in [-0.2, -0.15) is 0 Å². The molecule has 4 heteroatoms. The maximum absolute atomic E-state index is 13.4. The number of nitrogens with one attached hydrogen (secondary N) is 2. The lowest BCUT2D eigenvalue weighted by Gasteiger charge is -2.10. The van der Waals surface area contributed by atoms with Crippen LogP contribution in [0.4, 0.5) is 10.1 Å². The Hall–Kier alpha value is -2.36. The Labute approximate surface area is 117 Å². The Morgan fingerprint density at radius 1 is 1.15 bits per heavy atom. The lowest BCUT2D eigenvalue weighted by atomic mass is 10.1. The lowest BCUT2D eigenvalue weighted by molar-refractivity contribution is 0.0963. The predicted octanol–water partition coefficient (Wildman–Crippen LogP) is 3.11. The molecule has 0 saturated heterocycles. The van der Waals surface area contributed by atoms with Gasteiger partial charge in [-0.25, -0.2) is 4.39 Å². The van der Waals surface area contributed by atoms with Gasteiger partial charge in [-0.1, -0.05) is 18.2 Å². The molecule has 0 fully saturated rings. The largest absolute Gasteiger partial charge is 0.381 e. The summed E-state index contributed by atoms with van der Waals surface area (Å²) in [5, 5.41) is 5.77. The number of halogens is 1. The minimum absolute atomic E-state index is 0.106. The Balaban J connectivity index is 2.04. The molecule has 2 aromatic rings. The van der Waals surface area contributed by atoms with E-state index in [1.54, 1.807) is 32.2 Å². The molecule has 0 atom stereocenters. The van der Waals surface area contributed by atoms with Crippen molar-refractivity contribution < 1.29 is 9.18 Å². The van der Waals surface area contributed by atoms with Crippen LogP contribution in [0.1, 0.15) is 21.5 Å². The van der Waals surface area contributed by atoms with Gasteiger partial charge < -0.3 is 10.6 Å². The molecule has 0 spiro atoms. The van der Waals surface area contributed by atoms with Crippen LogP contribution in [0, 0.1) is 12.7 Å². The molecule has 0 bridgehead atoms. The standard InChI is InChI=1S/C16H17FN2O/c1-11-14(17)4-3-5-15(11)19-10-12-6-8-13(9-7-12)16(20)18-2/h3-9,19H,10H2,1-2H3,(H,18,20). The number of hydrogen-bond donors (Lipinski definition) is 2. The molecule has 0 aliphatic carbocycles. The first kappa shape index (κ1) is 14.1. The molecule has 104 valence electrons. The third-order valence-corrected chi connectivity index (χ3v) is 3.19. The quantitative estimate of drug-likeness (QED) is 0.898. The third kappa shape index (κ3) is 3.15. The van der Waals surface area contributed by atoms with Gasteiger partial charge in [0.15, 0.2) is 0 Å². The molecule has 0 aliphatic heterocycles. The van der Waals surface area contributed by atoms with Gasteiger partial charge in [-0.3, -0.25) is 4.79 Å². The van der Waals surface area contributed by atoms with E-state index in [0.717, 1.165) is 11.3 Å². The summed E-state index contributed by atoms with van der Waals surface area (Å²) < 4.78 is 13.4. The number of carbonyl (C=O) groups excluding carboxylic acids is 1. The van der Waals surface area contributed by atoms with Crippen LogP contribution in [0.3, 0.4) is 0 Å². The second-order valence-electron chi connectivity index (χ2n) is 4.54. The highest BCUT2D eigenvalue weighted by atomic mass is 19.1. The zero-order valence-electron chi connectivity index (χ0n) is 11.5. The first-order chi connectivity index (χ1) is 9.61. The average molecular weight is 272 g/mol. The van der Waals surface area contributed by atoms with E-state index in [-0.39, 0.29) is 11.7 Å². The monoisotopic (exact) mass is 272 g/mol. The van der Waals surface area contributed by atoms with Gasteiger partial charge in [0.2, 0.25) is 0 Å². The molecule has 0 saturated carbocycles. The van der Waals surface area contributed by atoms with Gasteiger partial charge in [0, 0.05) is 30.4 Å². The smallest absolute Gasteiger partial charge is 0.251 e. The van der Waals surface area contributed by atoms with E-state index in [0.29, 0.717) is 17.7 Å². The van der Waals surface area contributed by atoms with E-state index in [1.165, 1.54) is 6.07 Å². The van der Waals surface area contributed by atoms with Crippen molar-refractivity contribution in [2.24, 2.45) is 0 Å². The van der Waals surface area contributed by atoms with Gasteiger partial charge >= 0.3 is 0 Å². The van der Waals surface area contributed by atoms with Crippen molar-refractivity contribution in [3.05, 3.63) is 65.0 Å².